The zero-order valence-electron chi connectivity index (χ0n) is 21.3. The maximum Gasteiger partial charge on any atom is 0.170 e. The monoisotopic (exact) mass is 515 g/mol. The van der Waals surface area contributed by atoms with Gasteiger partial charge in [-0.2, -0.15) is 0 Å². The highest BCUT2D eigenvalue weighted by molar-refractivity contribution is 7.15. The Hall–Kier alpha value is -3.84. The van der Waals surface area contributed by atoms with Crippen molar-refractivity contribution >= 4 is 17.2 Å². The van der Waals surface area contributed by atoms with Crippen molar-refractivity contribution in [2.24, 2.45) is 10.9 Å². The van der Waals surface area contributed by atoms with E-state index < -0.39 is 0 Å². The number of hydrogen-bond donors (Lipinski definition) is 2. The highest BCUT2D eigenvalue weighted by Crippen LogP contribution is 2.38. The number of nitrogens with two attached hydrogens (primary N) is 1. The van der Waals surface area contributed by atoms with Crippen LogP contribution in [0.15, 0.2) is 84.0 Å². The van der Waals surface area contributed by atoms with Crippen molar-refractivity contribution in [2.75, 3.05) is 13.2 Å². The molecule has 192 valence electrons. The Balaban J connectivity index is 1.22. The summed E-state index contributed by atoms with van der Waals surface area (Å²) in [6.45, 7) is 5.73. The quantitative estimate of drug-likeness (QED) is 0.0678. The summed E-state index contributed by atoms with van der Waals surface area (Å²) in [5.74, 6) is 2.13. The Morgan fingerprint density at radius 2 is 1.43 bits per heavy atom. The van der Waals surface area contributed by atoms with Crippen molar-refractivity contribution in [3.05, 3.63) is 89.3 Å². The average molecular weight is 516 g/mol. The van der Waals surface area contributed by atoms with Gasteiger partial charge in [-0.1, -0.05) is 49.3 Å². The molecule has 1 aromatic heterocycles. The predicted octanol–water partition coefficient (Wildman–Crippen LogP) is 7.32. The summed E-state index contributed by atoms with van der Waals surface area (Å²) in [7, 11) is 0. The summed E-state index contributed by atoms with van der Waals surface area (Å²) in [5.41, 5.74) is 9.56. The van der Waals surface area contributed by atoms with Gasteiger partial charge in [0, 0.05) is 21.6 Å². The molecule has 3 aromatic carbocycles. The van der Waals surface area contributed by atoms with Gasteiger partial charge in [0.2, 0.25) is 0 Å². The van der Waals surface area contributed by atoms with E-state index in [4.69, 9.17) is 25.4 Å². The molecule has 0 unspecified atom stereocenters. The third kappa shape index (κ3) is 7.11. The van der Waals surface area contributed by atoms with Crippen LogP contribution < -0.4 is 15.2 Å². The van der Waals surface area contributed by atoms with E-state index in [0.717, 1.165) is 52.6 Å². The lowest BCUT2D eigenvalue weighted by Crippen LogP contribution is -2.12. The van der Waals surface area contributed by atoms with Crippen molar-refractivity contribution in [1.29, 1.82) is 0 Å². The Labute approximate surface area is 222 Å². The maximum absolute atomic E-state index is 8.72. The van der Waals surface area contributed by atoms with Crippen LogP contribution in [0.25, 0.3) is 21.8 Å². The fraction of sp³-hybridized carbons (Fsp3) is 0.267. The molecule has 0 bridgehead atoms. The molecule has 0 fully saturated rings. The number of hydrogen-bond acceptors (Lipinski definition) is 6. The molecule has 3 N–H and O–H groups in total. The lowest BCUT2D eigenvalue weighted by Gasteiger charge is -2.09. The van der Waals surface area contributed by atoms with Gasteiger partial charge >= 0.3 is 0 Å². The van der Waals surface area contributed by atoms with E-state index in [1.807, 2.05) is 30.3 Å². The molecule has 0 saturated heterocycles. The zero-order chi connectivity index (χ0) is 26.0. The molecule has 0 saturated carbocycles. The Kier molecular flexibility index (Phi) is 9.16. The Bertz CT molecular complexity index is 1280. The third-order valence-corrected chi connectivity index (χ3v) is 7.32. The number of benzene rings is 3. The fourth-order valence-electron chi connectivity index (χ4n) is 3.88. The fourth-order valence-corrected chi connectivity index (χ4v) is 4.98. The molecular weight excluding hydrogens is 482 g/mol. The van der Waals surface area contributed by atoms with Gasteiger partial charge in [-0.3, -0.25) is 0 Å². The Morgan fingerprint density at radius 3 is 2.00 bits per heavy atom. The van der Waals surface area contributed by atoms with E-state index in [2.05, 4.69) is 55.4 Å². The summed E-state index contributed by atoms with van der Waals surface area (Å²) in [5, 5.41) is 12.8. The van der Waals surface area contributed by atoms with Crippen LogP contribution in [0.2, 0.25) is 0 Å². The van der Waals surface area contributed by atoms with Crippen molar-refractivity contribution in [1.82, 2.24) is 4.98 Å². The van der Waals surface area contributed by atoms with E-state index in [0.29, 0.717) is 24.7 Å². The van der Waals surface area contributed by atoms with Gasteiger partial charge in [-0.25, -0.2) is 4.98 Å². The first-order chi connectivity index (χ1) is 18.0. The highest BCUT2D eigenvalue weighted by Gasteiger charge is 2.17. The van der Waals surface area contributed by atoms with Crippen LogP contribution in [0.5, 0.6) is 11.5 Å². The van der Waals surface area contributed by atoms with Gasteiger partial charge in [-0.05, 0) is 73.7 Å². The molecule has 0 spiro atoms. The number of rotatable bonds is 12. The molecule has 37 heavy (non-hydrogen) atoms. The van der Waals surface area contributed by atoms with E-state index in [1.165, 1.54) is 4.88 Å². The second-order valence-electron chi connectivity index (χ2n) is 9.04. The van der Waals surface area contributed by atoms with E-state index in [1.54, 1.807) is 23.5 Å². The minimum absolute atomic E-state index is 0.0850. The van der Waals surface area contributed by atoms with Crippen molar-refractivity contribution in [2.45, 2.75) is 39.0 Å². The largest absolute Gasteiger partial charge is 0.494 e. The summed E-state index contributed by atoms with van der Waals surface area (Å²) in [6, 6.07) is 25.8. The van der Waals surface area contributed by atoms with Crippen molar-refractivity contribution < 1.29 is 14.7 Å². The number of oxime groups is 1. The van der Waals surface area contributed by atoms with Gasteiger partial charge < -0.3 is 20.4 Å². The lowest BCUT2D eigenvalue weighted by atomic mass is 10.1. The van der Waals surface area contributed by atoms with Crippen molar-refractivity contribution in [3.63, 3.8) is 0 Å². The number of nitrogens with zero attached hydrogens (tertiary/aromatic N) is 2. The summed E-state index contributed by atoms with van der Waals surface area (Å²) < 4.78 is 11.7. The van der Waals surface area contributed by atoms with E-state index >= 15 is 0 Å². The summed E-state index contributed by atoms with van der Waals surface area (Å²) in [6.07, 6.45) is 2.91. The van der Waals surface area contributed by atoms with Gasteiger partial charge in [0.25, 0.3) is 0 Å². The molecular formula is C30H33N3O3S. The zero-order valence-corrected chi connectivity index (χ0v) is 22.1. The molecule has 4 rings (SSSR count). The minimum atomic E-state index is 0.0850. The second-order valence-corrected chi connectivity index (χ2v) is 10.1. The molecule has 6 nitrogen and oxygen atoms in total. The third-order valence-electron chi connectivity index (χ3n) is 5.91. The first kappa shape index (κ1) is 26.2. The molecule has 0 aliphatic rings. The number of unbranched alkanes of at least 4 members (excludes halogenated alkanes) is 2. The number of thiazole rings is 1. The lowest BCUT2D eigenvalue weighted by molar-refractivity contribution is 0.279. The SMILES string of the molecule is CC(C)c1sc(-c2ccccc2)nc1-c1ccc(OCCCCCOc2ccc(/C(N)=N/O)cc2)cc1. The normalized spacial score (nSPS) is 11.6. The average Bonchev–Trinajstić information content (AvgIpc) is 3.39. The van der Waals surface area contributed by atoms with Gasteiger partial charge in [0.15, 0.2) is 5.84 Å². The highest BCUT2D eigenvalue weighted by atomic mass is 32.1. The first-order valence-corrected chi connectivity index (χ1v) is 13.4. The molecule has 7 heteroatoms. The van der Waals surface area contributed by atoms with Crippen LogP contribution in [0.4, 0.5) is 0 Å². The summed E-state index contributed by atoms with van der Waals surface area (Å²) >= 11 is 1.77. The van der Waals surface area contributed by atoms with Crippen LogP contribution in [0, 0.1) is 0 Å². The van der Waals surface area contributed by atoms with Gasteiger partial charge in [0.05, 0.1) is 18.9 Å². The molecule has 0 aliphatic carbocycles. The number of aromatic nitrogens is 1. The van der Waals surface area contributed by atoms with E-state index in [9.17, 15) is 0 Å². The van der Waals surface area contributed by atoms with E-state index in [-0.39, 0.29) is 5.84 Å². The Morgan fingerprint density at radius 1 is 0.838 bits per heavy atom. The van der Waals surface area contributed by atoms with Gasteiger partial charge in [0.1, 0.15) is 16.5 Å². The standard InChI is InChI=1S/C30H33N3O3S/c1-21(2)28-27(32-30(37-28)24-9-5-3-6-10-24)22-11-15-25(16-12-22)35-19-7-4-8-20-36-26-17-13-23(14-18-26)29(31)33-34/h3,5-6,9-18,21,34H,4,7-8,19-20H2,1-2H3,(H2,31,33). The van der Waals surface area contributed by atoms with Gasteiger partial charge in [-0.15, -0.1) is 11.3 Å². The molecule has 0 atom stereocenters. The van der Waals surface area contributed by atoms with Crippen LogP contribution in [0.3, 0.4) is 0 Å². The minimum Gasteiger partial charge on any atom is -0.494 e. The smallest absolute Gasteiger partial charge is 0.170 e. The molecule has 1 heterocycles. The van der Waals surface area contributed by atoms with Crippen LogP contribution in [-0.2, 0) is 0 Å². The van der Waals surface area contributed by atoms with Crippen LogP contribution >= 0.6 is 11.3 Å². The second kappa shape index (κ2) is 12.9. The first-order valence-electron chi connectivity index (χ1n) is 12.6. The molecule has 0 amide bonds. The molecule has 4 aromatic rings. The number of amidine groups is 1. The van der Waals surface area contributed by atoms with Crippen LogP contribution in [-0.4, -0.2) is 29.2 Å². The summed E-state index contributed by atoms with van der Waals surface area (Å²) in [4.78, 5) is 6.29. The molecule has 0 aliphatic heterocycles. The van der Waals surface area contributed by atoms with Crippen molar-refractivity contribution in [3.8, 4) is 33.3 Å². The number of ether oxygens (including phenoxy) is 2. The maximum atomic E-state index is 8.72. The van der Waals surface area contributed by atoms with Crippen LogP contribution in [0.1, 0.15) is 49.5 Å². The topological polar surface area (TPSA) is 90.0 Å². The molecule has 0 radical (unpaired) electrons. The predicted molar refractivity (Wildman–Crippen MR) is 151 cm³/mol.